The molecule has 660 valence electrons. The lowest BCUT2D eigenvalue weighted by Gasteiger charge is -2.16. The van der Waals surface area contributed by atoms with E-state index in [9.17, 15) is 68.4 Å². The highest BCUT2D eigenvalue weighted by atomic mass is 79.9. The van der Waals surface area contributed by atoms with Crippen molar-refractivity contribution in [2.45, 2.75) is 65.9 Å². The van der Waals surface area contributed by atoms with E-state index < -0.39 is 23.1 Å². The molecular weight excluding hydrogens is 1930 g/mol. The van der Waals surface area contributed by atoms with Gasteiger partial charge in [0, 0.05) is 72.8 Å². The molecule has 10 aromatic carbocycles. The van der Waals surface area contributed by atoms with E-state index in [-0.39, 0.29) is 143 Å². The van der Waals surface area contributed by atoms with Crippen molar-refractivity contribution in [2.24, 2.45) is 5.73 Å². The molecule has 5 aliphatic carbocycles. The molecule has 0 saturated carbocycles. The first kappa shape index (κ1) is 100. The number of ether oxygens (including phenoxy) is 5. The first-order valence-corrected chi connectivity index (χ1v) is 41.7. The minimum Gasteiger partial charge on any atom is -0.507 e. The van der Waals surface area contributed by atoms with Gasteiger partial charge in [0.25, 0.3) is 11.6 Å². The summed E-state index contributed by atoms with van der Waals surface area (Å²) in [6.07, 6.45) is 6.08. The van der Waals surface area contributed by atoms with Crippen LogP contribution in [0.25, 0.3) is 55.3 Å². The average Bonchev–Trinajstić information content (AvgIpc) is 1.57. The number of aromatic nitrogens is 3. The maximum Gasteiger partial charge on any atom is 0.369 e. The number of phenolic OH excluding ortho intramolecular Hbond substituents is 4. The zero-order chi connectivity index (χ0) is 91.8. The number of nitrogens with two attached hydrogens (primary N) is 1. The van der Waals surface area contributed by atoms with Gasteiger partial charge < -0.3 is 74.4 Å². The van der Waals surface area contributed by atoms with Crippen LogP contribution in [-0.4, -0.2) is 137 Å². The van der Waals surface area contributed by atoms with Gasteiger partial charge in [0.15, 0.2) is 75.1 Å². The number of hydrogen-bond donors (Lipinski definition) is 7. The van der Waals surface area contributed by atoms with Crippen molar-refractivity contribution in [1.29, 1.82) is 0 Å². The Labute approximate surface area is 772 Å². The normalized spacial score (nSPS) is 12.5. The summed E-state index contributed by atoms with van der Waals surface area (Å²) in [7, 11) is 7.54. The summed E-state index contributed by atoms with van der Waals surface area (Å²) >= 11 is 12.6. The summed E-state index contributed by atoms with van der Waals surface area (Å²) in [4.78, 5) is 130. The lowest BCUT2D eigenvalue weighted by molar-refractivity contribution is 0.0811. The van der Waals surface area contributed by atoms with Gasteiger partial charge in [-0.15, -0.1) is 59.7 Å². The molecule has 3 heterocycles. The van der Waals surface area contributed by atoms with E-state index in [1.807, 2.05) is 90.1 Å². The molecule has 0 spiro atoms. The SMILES string of the molecule is BrB(Br)Br.COc1ccc(Br)c2c1-c1oc(C(C)C)nc1C(=O)C2=O.COc1cccc2c(O)cc3nc(C(C)C)oc3c12.COc1cccc2c1-c1oc(C(C)C)nc1C(=O)C2=O.COc1cccc2c1C(=O)C(N)=CC2=O.COc1cccc2c1C(=O)C=CC2=O.Cl.N.O=C1C=CC(=O)c2c(O)cccc21.OCc1ccccc1.Oc1cccc2c(O)cccc12. The van der Waals surface area contributed by atoms with Gasteiger partial charge in [-0.3, -0.25) is 47.9 Å². The van der Waals surface area contributed by atoms with Crippen LogP contribution in [0.5, 0.6) is 51.7 Å². The van der Waals surface area contributed by atoms with Crippen LogP contribution in [0, 0.1) is 0 Å². The van der Waals surface area contributed by atoms with Crippen molar-refractivity contribution in [3.63, 3.8) is 0 Å². The number of carbonyl (C=O) groups excluding carboxylic acids is 10. The summed E-state index contributed by atoms with van der Waals surface area (Å²) in [6.45, 7) is 11.8. The molecule has 3 aromatic heterocycles. The largest absolute Gasteiger partial charge is 0.507 e. The number of Topliss-reactive ketones (excluding diaryl/α,β-unsaturated/α-hetero) is 5. The third-order valence-electron chi connectivity index (χ3n) is 19.1. The first-order valence-electron chi connectivity index (χ1n) is 38.2. The Bertz CT molecular complexity index is 6510. The zero-order valence-electron chi connectivity index (χ0n) is 70.3. The summed E-state index contributed by atoms with van der Waals surface area (Å²) in [5.41, 5.74) is 11.1. The highest BCUT2D eigenvalue weighted by Gasteiger charge is 2.41. The van der Waals surface area contributed by atoms with E-state index in [2.05, 4.69) is 78.2 Å². The number of aliphatic hydroxyl groups is 1. The van der Waals surface area contributed by atoms with E-state index in [1.165, 1.54) is 64.9 Å². The van der Waals surface area contributed by atoms with Crippen LogP contribution in [0.1, 0.15) is 186 Å². The molecule has 0 unspecified atom stereocenters. The van der Waals surface area contributed by atoms with Crippen LogP contribution in [-0.2, 0) is 6.61 Å². The number of hydrogen-bond acceptors (Lipinski definition) is 28. The molecule has 28 nitrogen and oxygen atoms in total. The topological polar surface area (TPSA) is 457 Å². The zero-order valence-corrected chi connectivity index (χ0v) is 77.4. The number of nitrogens with zero attached hydrogens (tertiary/aromatic N) is 3. The Morgan fingerprint density at radius 2 is 0.789 bits per heavy atom. The molecule has 0 radical (unpaired) electrons. The maximum absolute atomic E-state index is 12.3. The van der Waals surface area contributed by atoms with Crippen molar-refractivity contribution < 1.29 is 110 Å². The van der Waals surface area contributed by atoms with Gasteiger partial charge in [-0.05, 0) is 90.5 Å². The number of carbonyl (C=O) groups is 10. The molecule has 0 aliphatic heterocycles. The van der Waals surface area contributed by atoms with Crippen molar-refractivity contribution in [2.75, 3.05) is 35.5 Å². The van der Waals surface area contributed by atoms with Gasteiger partial charge in [-0.1, -0.05) is 167 Å². The maximum atomic E-state index is 12.3. The standard InChI is InChI=1S/C15H12BrNO4.C15H13NO4.C15H15NO3.C11H9NO3.C11H8O3.C10H6O3.C10H8O2.C7H8O.BBr3.ClH.H3N/c1-6(2)15-17-11-13(19)12(18)9-7(16)4-5-8(20-3)10(9)14(11)21-15;1-7(2)15-16-11-13(18)12(17)8-5-4-6-9(19-3)10(8)14(11)20-15;1-8(2)15-16-10-7-11(17)9-5-4-6-12(18-3)13(9)14(10)19-15;1-15-9-4-2-3-6-8(13)5-7(12)11(14)10(6)9;1-14-10-4-2-3-7-8(12)5-6-9(13)11(7)10;11-7-4-5-9(13)10-6(7)2-1-3-8(10)12;11-9-5-1-3-7-8(9)4-2-6-10(7)12;8-6-7-4-2-1-3-5-7;2-1(3)4;;/h4-6H,1-3H3;4-7H,1-3H3;4-8,17H,1-3H3;2-5H,12H2,1H3;2-6H,1H3;1-5,12H;1-6,11-12H;1-5,8H,6H2;;1H;1H3. The van der Waals surface area contributed by atoms with E-state index in [1.54, 1.807) is 122 Å². The number of aromatic hydroxyl groups is 4. The molecular formula is C94H83BBr4ClN5O23. The minimum atomic E-state index is -0.651. The fourth-order valence-electron chi connectivity index (χ4n) is 13.0. The number of aliphatic hydroxyl groups excluding tert-OH is 1. The molecule has 34 heteroatoms. The molecule has 0 bridgehead atoms. The molecule has 0 amide bonds. The Balaban J connectivity index is 0.000000181. The third kappa shape index (κ3) is 22.2. The number of oxazole rings is 3. The van der Waals surface area contributed by atoms with Gasteiger partial charge in [-0.2, -0.15) is 0 Å². The fraction of sp³-hybridized carbons (Fsp3) is 0.160. The quantitative estimate of drug-likeness (QED) is 0.0521. The molecule has 10 N–H and O–H groups in total. The van der Waals surface area contributed by atoms with Gasteiger partial charge in [0.2, 0.25) is 17.3 Å². The minimum absolute atomic E-state index is 0. The molecule has 5 aliphatic rings. The van der Waals surface area contributed by atoms with Crippen LogP contribution in [0.3, 0.4) is 0 Å². The van der Waals surface area contributed by atoms with Gasteiger partial charge in [0.05, 0.1) is 86.6 Å². The van der Waals surface area contributed by atoms with E-state index in [0.29, 0.717) is 123 Å². The number of allylic oxidation sites excluding steroid dienone is 6. The number of rotatable bonds is 9. The van der Waals surface area contributed by atoms with Crippen molar-refractivity contribution >= 4 is 169 Å². The molecule has 128 heavy (non-hydrogen) atoms. The Hall–Kier alpha value is -13.3. The third-order valence-corrected chi connectivity index (χ3v) is 19.7. The number of fused-ring (bicyclic) bond motifs is 13. The lowest BCUT2D eigenvalue weighted by atomic mass is 9.90. The first-order chi connectivity index (χ1) is 60.1. The summed E-state index contributed by atoms with van der Waals surface area (Å²) in [6, 6.07) is 49.5. The van der Waals surface area contributed by atoms with Gasteiger partial charge in [0.1, 0.15) is 57.3 Å². The monoisotopic (exact) mass is 2010 g/mol. The Morgan fingerprint density at radius 1 is 0.391 bits per heavy atom. The predicted molar refractivity (Wildman–Crippen MR) is 499 cm³/mol. The van der Waals surface area contributed by atoms with Crippen LogP contribution < -0.4 is 35.6 Å². The summed E-state index contributed by atoms with van der Waals surface area (Å²) < 4.78 is 44.0. The van der Waals surface area contributed by atoms with Crippen LogP contribution in [0.4, 0.5) is 0 Å². The molecule has 18 rings (SSSR count). The fourth-order valence-corrected chi connectivity index (χ4v) is 13.5. The van der Waals surface area contributed by atoms with Gasteiger partial charge >= 0.3 is 3.18 Å². The molecule has 13 aromatic rings. The lowest BCUT2D eigenvalue weighted by Crippen LogP contribution is -2.22. The number of ketones is 10. The van der Waals surface area contributed by atoms with Gasteiger partial charge in [-0.25, -0.2) is 15.0 Å². The number of benzene rings is 10. The van der Waals surface area contributed by atoms with Crippen LogP contribution in [0.15, 0.2) is 230 Å². The second kappa shape index (κ2) is 44.7. The van der Waals surface area contributed by atoms with E-state index >= 15 is 0 Å². The van der Waals surface area contributed by atoms with E-state index in [4.69, 9.17) is 47.8 Å². The molecule has 0 saturated heterocycles. The Kier molecular flexibility index (Phi) is 35.0. The van der Waals surface area contributed by atoms with Crippen molar-refractivity contribution in [1.82, 2.24) is 21.1 Å². The van der Waals surface area contributed by atoms with E-state index in [0.717, 1.165) is 17.0 Å². The Morgan fingerprint density at radius 3 is 1.28 bits per heavy atom. The summed E-state index contributed by atoms with van der Waals surface area (Å²) in [5.74, 6) is 1.31. The molecule has 0 atom stereocenters. The smallest absolute Gasteiger partial charge is 0.369 e. The predicted octanol–water partition coefficient (Wildman–Crippen LogP) is 20.3. The number of halogens is 5. The second-order valence-corrected chi connectivity index (χ2v) is 35.5. The second-order valence-electron chi connectivity index (χ2n) is 28.2. The van der Waals surface area contributed by atoms with Crippen LogP contribution in [0.2, 0.25) is 0 Å². The average molecular weight is 2020 g/mol. The number of methoxy groups -OCH3 is 5. The van der Waals surface area contributed by atoms with Crippen LogP contribution >= 0.6 is 75.6 Å². The number of phenols is 4. The highest BCUT2D eigenvalue weighted by molar-refractivity contribution is 9.69. The summed E-state index contributed by atoms with van der Waals surface area (Å²) in [5, 5.41) is 49.6. The van der Waals surface area contributed by atoms with Crippen molar-refractivity contribution in [3.8, 4) is 74.4 Å². The van der Waals surface area contributed by atoms with Crippen molar-refractivity contribution in [3.05, 3.63) is 296 Å². The molecule has 0 fully saturated rings. The highest BCUT2D eigenvalue weighted by Crippen LogP contribution is 2.46.